The number of aromatic nitrogens is 2. The van der Waals surface area contributed by atoms with Gasteiger partial charge in [0.1, 0.15) is 11.6 Å². The van der Waals surface area contributed by atoms with Gasteiger partial charge in [-0.1, -0.05) is 43.6 Å². The summed E-state index contributed by atoms with van der Waals surface area (Å²) in [5, 5.41) is 16.5. The van der Waals surface area contributed by atoms with Crippen LogP contribution in [0.4, 0.5) is 30.6 Å². The van der Waals surface area contributed by atoms with Gasteiger partial charge in [0.2, 0.25) is 5.95 Å². The molecule has 176 valence electrons. The number of aliphatic hydroxyl groups is 1. The average molecular weight is 481 g/mol. The number of hydrogen-bond acceptors (Lipinski definition) is 6. The van der Waals surface area contributed by atoms with E-state index in [9.17, 15) is 18.3 Å². The highest BCUT2D eigenvalue weighted by atomic mass is 35.5. The summed E-state index contributed by atoms with van der Waals surface area (Å²) in [6.45, 7) is 5.61. The highest BCUT2D eigenvalue weighted by molar-refractivity contribution is 6.31. The Morgan fingerprint density at radius 3 is 2.48 bits per heavy atom. The minimum atomic E-state index is -4.81. The van der Waals surface area contributed by atoms with Crippen LogP contribution in [-0.2, 0) is 0 Å². The molecule has 0 aliphatic carbocycles. The molecule has 0 aliphatic heterocycles. The van der Waals surface area contributed by atoms with E-state index in [2.05, 4.69) is 25.3 Å². The van der Waals surface area contributed by atoms with Crippen LogP contribution in [0.3, 0.4) is 0 Å². The van der Waals surface area contributed by atoms with Crippen LogP contribution in [0.2, 0.25) is 5.02 Å². The zero-order valence-electron chi connectivity index (χ0n) is 18.2. The Bertz CT molecular complexity index is 1110. The number of nitrogens with zero attached hydrogens (tertiary/aromatic N) is 2. The predicted molar refractivity (Wildman–Crippen MR) is 123 cm³/mol. The third-order valence-corrected chi connectivity index (χ3v) is 5.26. The molecule has 0 aliphatic rings. The van der Waals surface area contributed by atoms with Crippen LogP contribution in [0, 0.1) is 12.8 Å². The standard InChI is InChI=1S/C23H24ClF3N4O2/c1-13(2)20(12-32)30-22-29-19(15-5-4-6-17(9-15)33-23(25,26)27)11-21(31-22)28-16-8-7-14(3)18(24)10-16/h4-11,13,20,32H,12H2,1-3H3,(H2,28,29,30,31)/t20-/m1/s1. The lowest BCUT2D eigenvalue weighted by molar-refractivity contribution is -0.274. The van der Waals surface area contributed by atoms with Crippen LogP contribution in [0.15, 0.2) is 48.5 Å². The van der Waals surface area contributed by atoms with E-state index in [1.807, 2.05) is 32.9 Å². The molecule has 0 unspecified atom stereocenters. The predicted octanol–water partition coefficient (Wildman–Crippen LogP) is 6.18. The van der Waals surface area contributed by atoms with Crippen LogP contribution < -0.4 is 15.4 Å². The van der Waals surface area contributed by atoms with E-state index in [4.69, 9.17) is 11.6 Å². The summed E-state index contributed by atoms with van der Waals surface area (Å²) in [6, 6.07) is 12.2. The van der Waals surface area contributed by atoms with Gasteiger partial charge in [-0.15, -0.1) is 13.2 Å². The zero-order valence-corrected chi connectivity index (χ0v) is 19.0. The van der Waals surface area contributed by atoms with Crippen molar-refractivity contribution in [3.05, 3.63) is 59.1 Å². The molecule has 3 aromatic rings. The lowest BCUT2D eigenvalue weighted by Gasteiger charge is -2.21. The van der Waals surface area contributed by atoms with Crippen molar-refractivity contribution in [1.29, 1.82) is 0 Å². The smallest absolute Gasteiger partial charge is 0.406 e. The van der Waals surface area contributed by atoms with Gasteiger partial charge in [-0.05, 0) is 42.7 Å². The van der Waals surface area contributed by atoms with Crippen LogP contribution in [0.25, 0.3) is 11.3 Å². The molecule has 0 saturated carbocycles. The van der Waals surface area contributed by atoms with Crippen LogP contribution >= 0.6 is 11.6 Å². The molecule has 1 aromatic heterocycles. The summed E-state index contributed by atoms with van der Waals surface area (Å²) < 4.78 is 42.0. The van der Waals surface area contributed by atoms with Crippen molar-refractivity contribution < 1.29 is 23.0 Å². The van der Waals surface area contributed by atoms with Crippen molar-refractivity contribution >= 4 is 29.1 Å². The van der Waals surface area contributed by atoms with Crippen molar-refractivity contribution in [1.82, 2.24) is 9.97 Å². The number of aryl methyl sites for hydroxylation is 1. The van der Waals surface area contributed by atoms with Crippen LogP contribution in [0.5, 0.6) is 5.75 Å². The Labute approximate surface area is 194 Å². The van der Waals surface area contributed by atoms with Crippen molar-refractivity contribution in [2.45, 2.75) is 33.2 Å². The number of aliphatic hydroxyl groups excluding tert-OH is 1. The number of anilines is 3. The van der Waals surface area contributed by atoms with E-state index < -0.39 is 6.36 Å². The van der Waals surface area contributed by atoms with Gasteiger partial charge >= 0.3 is 6.36 Å². The Hall–Kier alpha value is -3.04. The molecule has 0 amide bonds. The first kappa shape index (κ1) is 24.6. The topological polar surface area (TPSA) is 79.3 Å². The maximum atomic E-state index is 12.7. The first-order chi connectivity index (χ1) is 15.5. The molecule has 33 heavy (non-hydrogen) atoms. The summed E-state index contributed by atoms with van der Waals surface area (Å²) in [4.78, 5) is 8.91. The lowest BCUT2D eigenvalue weighted by Crippen LogP contribution is -2.30. The van der Waals surface area contributed by atoms with E-state index in [-0.39, 0.29) is 30.3 Å². The molecule has 3 N–H and O–H groups in total. The van der Waals surface area contributed by atoms with E-state index in [0.717, 1.165) is 5.56 Å². The van der Waals surface area contributed by atoms with Gasteiger partial charge in [0, 0.05) is 22.3 Å². The highest BCUT2D eigenvalue weighted by Crippen LogP contribution is 2.30. The van der Waals surface area contributed by atoms with Crippen LogP contribution in [0.1, 0.15) is 19.4 Å². The van der Waals surface area contributed by atoms with Crippen molar-refractivity contribution in [3.63, 3.8) is 0 Å². The fourth-order valence-corrected chi connectivity index (χ4v) is 3.16. The molecule has 0 spiro atoms. The molecule has 1 heterocycles. The molecular formula is C23H24ClF3N4O2. The second-order valence-electron chi connectivity index (χ2n) is 7.80. The van der Waals surface area contributed by atoms with Gasteiger partial charge < -0.3 is 20.5 Å². The fourth-order valence-electron chi connectivity index (χ4n) is 2.98. The molecule has 6 nitrogen and oxygen atoms in total. The van der Waals surface area contributed by atoms with Crippen molar-refractivity contribution in [2.75, 3.05) is 17.2 Å². The van der Waals surface area contributed by atoms with Gasteiger partial charge in [-0.2, -0.15) is 4.98 Å². The first-order valence-corrected chi connectivity index (χ1v) is 10.6. The van der Waals surface area contributed by atoms with Crippen LogP contribution in [-0.4, -0.2) is 34.1 Å². The normalized spacial score (nSPS) is 12.5. The Morgan fingerprint density at radius 1 is 1.09 bits per heavy atom. The van der Waals surface area contributed by atoms with Gasteiger partial charge in [0.25, 0.3) is 0 Å². The summed E-state index contributed by atoms with van der Waals surface area (Å²) in [6.07, 6.45) is -4.81. The van der Waals surface area contributed by atoms with Gasteiger partial charge in [0.15, 0.2) is 0 Å². The van der Waals surface area contributed by atoms with E-state index in [1.54, 1.807) is 18.2 Å². The first-order valence-electron chi connectivity index (χ1n) is 10.2. The summed E-state index contributed by atoms with van der Waals surface area (Å²) >= 11 is 6.21. The number of rotatable bonds is 8. The summed E-state index contributed by atoms with van der Waals surface area (Å²) in [5.41, 5.74) is 2.36. The van der Waals surface area contributed by atoms with Crippen molar-refractivity contribution in [3.8, 4) is 17.0 Å². The van der Waals surface area contributed by atoms with Gasteiger partial charge in [0.05, 0.1) is 18.3 Å². The molecule has 1 atom stereocenters. The SMILES string of the molecule is Cc1ccc(Nc2cc(-c3cccc(OC(F)(F)F)c3)nc(N[C@H](CO)C(C)C)n2)cc1Cl. The molecule has 3 rings (SSSR count). The molecular weight excluding hydrogens is 457 g/mol. The van der Waals surface area contributed by atoms with Gasteiger partial charge in [-0.3, -0.25) is 0 Å². The summed E-state index contributed by atoms with van der Waals surface area (Å²) in [7, 11) is 0. The Morgan fingerprint density at radius 2 is 1.85 bits per heavy atom. The maximum Gasteiger partial charge on any atom is 0.573 e. The second-order valence-corrected chi connectivity index (χ2v) is 8.21. The third-order valence-electron chi connectivity index (χ3n) is 4.85. The lowest BCUT2D eigenvalue weighted by atomic mass is 10.1. The Balaban J connectivity index is 2.01. The number of alkyl halides is 3. The fraction of sp³-hybridized carbons (Fsp3) is 0.304. The van der Waals surface area contributed by atoms with E-state index in [1.165, 1.54) is 18.2 Å². The molecule has 0 bridgehead atoms. The van der Waals surface area contributed by atoms with E-state index in [0.29, 0.717) is 27.8 Å². The molecule has 0 radical (unpaired) electrons. The monoisotopic (exact) mass is 480 g/mol. The number of hydrogen-bond donors (Lipinski definition) is 3. The average Bonchev–Trinajstić information content (AvgIpc) is 2.73. The highest BCUT2D eigenvalue weighted by Gasteiger charge is 2.31. The quantitative estimate of drug-likeness (QED) is 0.357. The third kappa shape index (κ3) is 6.97. The number of nitrogens with one attached hydrogen (secondary N) is 2. The minimum absolute atomic E-state index is 0.0816. The van der Waals surface area contributed by atoms with Crippen molar-refractivity contribution in [2.24, 2.45) is 5.92 Å². The number of benzene rings is 2. The minimum Gasteiger partial charge on any atom is -0.406 e. The molecule has 0 saturated heterocycles. The molecule has 10 heteroatoms. The molecule has 0 fully saturated rings. The second kappa shape index (κ2) is 10.3. The maximum absolute atomic E-state index is 12.7. The molecule has 2 aromatic carbocycles. The zero-order chi connectivity index (χ0) is 24.2. The largest absolute Gasteiger partial charge is 0.573 e. The van der Waals surface area contributed by atoms with Gasteiger partial charge in [-0.25, -0.2) is 4.98 Å². The van der Waals surface area contributed by atoms with E-state index >= 15 is 0 Å². The Kier molecular flexibility index (Phi) is 7.65. The summed E-state index contributed by atoms with van der Waals surface area (Å²) in [5.74, 6) is 0.328. The number of ether oxygens (including phenoxy) is 1. The number of halogens is 4.